The summed E-state index contributed by atoms with van der Waals surface area (Å²) in [6.45, 7) is 0.691. The summed E-state index contributed by atoms with van der Waals surface area (Å²) in [5, 5.41) is 0.643. The molecule has 0 unspecified atom stereocenters. The van der Waals surface area contributed by atoms with Crippen LogP contribution in [0.1, 0.15) is 36.2 Å². The van der Waals surface area contributed by atoms with Gasteiger partial charge in [0.05, 0.1) is 0 Å². The standard InChI is InChI=1S/C16H18FNO2/c17-13-3-1-2-12-8-14(20-16(12)13)15(19)11-6-4-10(9-18)5-7-11/h1-3,8,10-11H,4-7,9,18H2. The predicted molar refractivity (Wildman–Crippen MR) is 75.0 cm³/mol. The molecule has 3 rings (SSSR count). The number of carbonyl (C=O) groups excluding carboxylic acids is 1. The van der Waals surface area contributed by atoms with Gasteiger partial charge in [-0.1, -0.05) is 12.1 Å². The highest BCUT2D eigenvalue weighted by Gasteiger charge is 2.28. The Balaban J connectivity index is 1.81. The van der Waals surface area contributed by atoms with Crippen LogP contribution in [-0.2, 0) is 0 Å². The lowest BCUT2D eigenvalue weighted by molar-refractivity contribution is 0.0846. The van der Waals surface area contributed by atoms with Crippen LogP contribution >= 0.6 is 0 Å². The molecule has 1 aliphatic rings. The Bertz CT molecular complexity index is 626. The molecular weight excluding hydrogens is 257 g/mol. The van der Waals surface area contributed by atoms with Crippen molar-refractivity contribution in [2.45, 2.75) is 25.7 Å². The van der Waals surface area contributed by atoms with Crippen molar-refractivity contribution in [3.63, 3.8) is 0 Å². The zero-order valence-corrected chi connectivity index (χ0v) is 11.3. The maximum absolute atomic E-state index is 13.6. The minimum Gasteiger partial charge on any atom is -0.450 e. The summed E-state index contributed by atoms with van der Waals surface area (Å²) in [5.74, 6) is 0.374. The summed E-state index contributed by atoms with van der Waals surface area (Å²) < 4.78 is 19.0. The molecule has 0 aliphatic heterocycles. The number of hydrogen-bond acceptors (Lipinski definition) is 3. The lowest BCUT2D eigenvalue weighted by Crippen LogP contribution is -2.25. The van der Waals surface area contributed by atoms with Crippen LogP contribution in [0.4, 0.5) is 4.39 Å². The topological polar surface area (TPSA) is 56.2 Å². The Morgan fingerprint density at radius 3 is 2.70 bits per heavy atom. The molecular formula is C16H18FNO2. The third-order valence-electron chi connectivity index (χ3n) is 4.29. The zero-order chi connectivity index (χ0) is 14.1. The number of fused-ring (bicyclic) bond motifs is 1. The molecule has 106 valence electrons. The second-order valence-corrected chi connectivity index (χ2v) is 5.59. The van der Waals surface area contributed by atoms with Crippen molar-refractivity contribution in [3.05, 3.63) is 35.8 Å². The van der Waals surface area contributed by atoms with Crippen molar-refractivity contribution in [2.75, 3.05) is 6.54 Å². The van der Waals surface area contributed by atoms with Crippen LogP contribution in [0.3, 0.4) is 0 Å². The second-order valence-electron chi connectivity index (χ2n) is 5.59. The van der Waals surface area contributed by atoms with Gasteiger partial charge in [-0.15, -0.1) is 0 Å². The summed E-state index contributed by atoms with van der Waals surface area (Å²) in [7, 11) is 0. The van der Waals surface area contributed by atoms with Gasteiger partial charge in [0.1, 0.15) is 0 Å². The molecule has 1 aromatic carbocycles. The van der Waals surface area contributed by atoms with Crippen molar-refractivity contribution in [1.29, 1.82) is 0 Å². The monoisotopic (exact) mass is 275 g/mol. The van der Waals surface area contributed by atoms with E-state index < -0.39 is 5.82 Å². The number of carbonyl (C=O) groups is 1. The van der Waals surface area contributed by atoms with Gasteiger partial charge in [-0.3, -0.25) is 4.79 Å². The van der Waals surface area contributed by atoms with Crippen molar-refractivity contribution < 1.29 is 13.6 Å². The highest BCUT2D eigenvalue weighted by atomic mass is 19.1. The maximum atomic E-state index is 13.6. The van der Waals surface area contributed by atoms with Gasteiger partial charge >= 0.3 is 0 Å². The van der Waals surface area contributed by atoms with E-state index in [-0.39, 0.29) is 23.0 Å². The van der Waals surface area contributed by atoms with Gasteiger partial charge in [-0.25, -0.2) is 4.39 Å². The second kappa shape index (κ2) is 5.37. The Morgan fingerprint density at radius 1 is 1.30 bits per heavy atom. The molecule has 20 heavy (non-hydrogen) atoms. The molecule has 2 aromatic rings. The number of ketones is 1. The highest BCUT2D eigenvalue weighted by molar-refractivity contribution is 5.99. The first-order valence-electron chi connectivity index (χ1n) is 7.11. The van der Waals surface area contributed by atoms with E-state index >= 15 is 0 Å². The fourth-order valence-corrected chi connectivity index (χ4v) is 3.01. The van der Waals surface area contributed by atoms with E-state index in [9.17, 15) is 9.18 Å². The molecule has 0 amide bonds. The number of benzene rings is 1. The van der Waals surface area contributed by atoms with Gasteiger partial charge in [0.2, 0.25) is 5.78 Å². The van der Waals surface area contributed by atoms with Gasteiger partial charge in [0, 0.05) is 11.3 Å². The van der Waals surface area contributed by atoms with Gasteiger partial charge < -0.3 is 10.2 Å². The molecule has 0 saturated heterocycles. The van der Waals surface area contributed by atoms with Crippen molar-refractivity contribution in [3.8, 4) is 0 Å². The Hall–Kier alpha value is -1.68. The number of para-hydroxylation sites is 1. The number of halogens is 1. The van der Waals surface area contributed by atoms with E-state index in [4.69, 9.17) is 10.2 Å². The first kappa shape index (κ1) is 13.3. The normalized spacial score (nSPS) is 23.1. The third-order valence-corrected chi connectivity index (χ3v) is 4.29. The fraction of sp³-hybridized carbons (Fsp3) is 0.438. The van der Waals surface area contributed by atoms with Gasteiger partial charge in [0.25, 0.3) is 0 Å². The quantitative estimate of drug-likeness (QED) is 0.872. The number of hydrogen-bond donors (Lipinski definition) is 1. The lowest BCUT2D eigenvalue weighted by Gasteiger charge is -2.25. The van der Waals surface area contributed by atoms with E-state index in [0.29, 0.717) is 17.8 Å². The molecule has 0 atom stereocenters. The van der Waals surface area contributed by atoms with E-state index in [2.05, 4.69) is 0 Å². The first-order valence-corrected chi connectivity index (χ1v) is 7.11. The smallest absolute Gasteiger partial charge is 0.201 e. The molecule has 0 radical (unpaired) electrons. The third kappa shape index (κ3) is 2.36. The number of nitrogens with two attached hydrogens (primary N) is 1. The predicted octanol–water partition coefficient (Wildman–Crippen LogP) is 3.52. The fourth-order valence-electron chi connectivity index (χ4n) is 3.01. The molecule has 4 heteroatoms. The SMILES string of the molecule is NCC1CCC(C(=O)c2cc3cccc(F)c3o2)CC1. The Morgan fingerprint density at radius 2 is 2.05 bits per heavy atom. The van der Waals surface area contributed by atoms with Crippen LogP contribution < -0.4 is 5.73 Å². The maximum Gasteiger partial charge on any atom is 0.201 e. The zero-order valence-electron chi connectivity index (χ0n) is 11.3. The van der Waals surface area contributed by atoms with Gasteiger partial charge in [0.15, 0.2) is 17.2 Å². The molecule has 1 aromatic heterocycles. The summed E-state index contributed by atoms with van der Waals surface area (Å²) in [4.78, 5) is 12.4. The molecule has 1 aliphatic carbocycles. The van der Waals surface area contributed by atoms with Crippen LogP contribution in [0.2, 0.25) is 0 Å². The molecule has 1 fully saturated rings. The van der Waals surface area contributed by atoms with E-state index in [0.717, 1.165) is 25.7 Å². The van der Waals surface area contributed by atoms with E-state index in [1.54, 1.807) is 18.2 Å². The van der Waals surface area contributed by atoms with Gasteiger partial charge in [-0.2, -0.15) is 0 Å². The summed E-state index contributed by atoms with van der Waals surface area (Å²) >= 11 is 0. The van der Waals surface area contributed by atoms with Crippen molar-refractivity contribution >= 4 is 16.8 Å². The molecule has 2 N–H and O–H groups in total. The van der Waals surface area contributed by atoms with E-state index in [1.807, 2.05) is 0 Å². The van der Waals surface area contributed by atoms with E-state index in [1.165, 1.54) is 6.07 Å². The summed E-state index contributed by atoms with van der Waals surface area (Å²) in [5.41, 5.74) is 5.83. The average Bonchev–Trinajstić information content (AvgIpc) is 2.92. The minimum atomic E-state index is -0.423. The van der Waals surface area contributed by atoms with Crippen molar-refractivity contribution in [2.24, 2.45) is 17.6 Å². The molecule has 1 saturated carbocycles. The average molecular weight is 275 g/mol. The number of rotatable bonds is 3. The number of Topliss-reactive ketones (excluding diaryl/α,β-unsaturated/α-hetero) is 1. The first-order chi connectivity index (χ1) is 9.69. The molecule has 0 bridgehead atoms. The highest BCUT2D eigenvalue weighted by Crippen LogP contribution is 2.32. The van der Waals surface area contributed by atoms with Gasteiger partial charge in [-0.05, 0) is 50.3 Å². The van der Waals surface area contributed by atoms with Crippen LogP contribution in [0, 0.1) is 17.7 Å². The lowest BCUT2D eigenvalue weighted by atomic mass is 9.79. The van der Waals surface area contributed by atoms with Crippen molar-refractivity contribution in [1.82, 2.24) is 0 Å². The summed E-state index contributed by atoms with van der Waals surface area (Å²) in [6, 6.07) is 6.36. The van der Waals surface area contributed by atoms with Crippen LogP contribution in [0.15, 0.2) is 28.7 Å². The van der Waals surface area contributed by atoms with Crippen LogP contribution in [-0.4, -0.2) is 12.3 Å². The molecule has 0 spiro atoms. The largest absolute Gasteiger partial charge is 0.450 e. The molecule has 3 nitrogen and oxygen atoms in total. The van der Waals surface area contributed by atoms with Crippen LogP contribution in [0.5, 0.6) is 0 Å². The number of furan rings is 1. The minimum absolute atomic E-state index is 0.00364. The van der Waals surface area contributed by atoms with Crippen LogP contribution in [0.25, 0.3) is 11.0 Å². The summed E-state index contributed by atoms with van der Waals surface area (Å²) in [6.07, 6.45) is 3.67. The molecule has 1 heterocycles. The Labute approximate surface area is 116 Å². The Kier molecular flexibility index (Phi) is 3.57.